The molecule has 2 aromatic carbocycles. The Bertz CT molecular complexity index is 1270. The Morgan fingerprint density at radius 1 is 1.08 bits per heavy atom. The van der Waals surface area contributed by atoms with Gasteiger partial charge in [-0.3, -0.25) is 0 Å². The van der Waals surface area contributed by atoms with Crippen LogP contribution in [0, 0.1) is 0 Å². The van der Waals surface area contributed by atoms with Crippen molar-refractivity contribution in [1.29, 1.82) is 0 Å². The number of hydrogen-bond donors (Lipinski definition) is 0. The maximum Gasteiger partial charge on any atom is 0.294 e. The molecule has 128 valence electrons. The minimum Gasteiger partial charge on any atom is -0.316 e. The molecule has 8 heteroatoms. The van der Waals surface area contributed by atoms with Gasteiger partial charge in [0.1, 0.15) is 4.21 Å². The SMILES string of the molecule is CCn1/c(=N\S(=O)(=O)c2ccc(Cl)s2)sc2c3ccccc3ccc21. The topological polar surface area (TPSA) is 51.4 Å². The molecule has 0 atom stereocenters. The lowest BCUT2D eigenvalue weighted by Crippen LogP contribution is -2.15. The molecule has 0 aliphatic carbocycles. The van der Waals surface area contributed by atoms with Crippen LogP contribution in [0.1, 0.15) is 6.92 Å². The van der Waals surface area contributed by atoms with Crippen molar-refractivity contribution in [1.82, 2.24) is 4.57 Å². The molecule has 0 spiro atoms. The van der Waals surface area contributed by atoms with E-state index in [0.29, 0.717) is 15.7 Å². The molecule has 0 radical (unpaired) electrons. The first-order chi connectivity index (χ1) is 12.0. The van der Waals surface area contributed by atoms with Gasteiger partial charge >= 0.3 is 0 Å². The number of thiophene rings is 1. The molecule has 0 amide bonds. The first kappa shape index (κ1) is 16.8. The van der Waals surface area contributed by atoms with Crippen LogP contribution in [0.25, 0.3) is 21.0 Å². The van der Waals surface area contributed by atoms with Gasteiger partial charge in [0.05, 0.1) is 14.6 Å². The zero-order valence-electron chi connectivity index (χ0n) is 13.1. The van der Waals surface area contributed by atoms with E-state index in [1.54, 1.807) is 6.07 Å². The Morgan fingerprint density at radius 3 is 2.60 bits per heavy atom. The second-order valence-electron chi connectivity index (χ2n) is 5.39. The highest BCUT2D eigenvalue weighted by atomic mass is 35.5. The van der Waals surface area contributed by atoms with E-state index in [9.17, 15) is 8.42 Å². The molecule has 4 rings (SSSR count). The van der Waals surface area contributed by atoms with Gasteiger partial charge in [0, 0.05) is 11.9 Å². The molecular formula is C17H13ClN2O2S3. The van der Waals surface area contributed by atoms with Gasteiger partial charge in [-0.2, -0.15) is 8.42 Å². The molecule has 4 aromatic rings. The fourth-order valence-corrected chi connectivity index (χ4v) is 6.65. The predicted octanol–water partition coefficient (Wildman–Crippen LogP) is 4.88. The number of hydrogen-bond acceptors (Lipinski definition) is 4. The van der Waals surface area contributed by atoms with Gasteiger partial charge in [0.15, 0.2) is 0 Å². The van der Waals surface area contributed by atoms with Crippen molar-refractivity contribution in [3.8, 4) is 0 Å². The third-order valence-electron chi connectivity index (χ3n) is 3.89. The van der Waals surface area contributed by atoms with E-state index < -0.39 is 10.0 Å². The molecule has 0 aliphatic heterocycles. The smallest absolute Gasteiger partial charge is 0.294 e. The van der Waals surface area contributed by atoms with E-state index in [4.69, 9.17) is 11.6 Å². The summed E-state index contributed by atoms with van der Waals surface area (Å²) in [6.07, 6.45) is 0. The maximum absolute atomic E-state index is 12.6. The predicted molar refractivity (Wildman–Crippen MR) is 105 cm³/mol. The number of halogens is 1. The Kier molecular flexibility index (Phi) is 4.19. The van der Waals surface area contributed by atoms with E-state index in [-0.39, 0.29) is 4.21 Å². The molecule has 0 saturated heterocycles. The van der Waals surface area contributed by atoms with Crippen LogP contribution in [-0.4, -0.2) is 13.0 Å². The summed E-state index contributed by atoms with van der Waals surface area (Å²) in [5, 5.41) is 2.23. The summed E-state index contributed by atoms with van der Waals surface area (Å²) in [7, 11) is -3.78. The van der Waals surface area contributed by atoms with Crippen LogP contribution in [0.4, 0.5) is 0 Å². The average molecular weight is 409 g/mol. The number of nitrogens with zero attached hydrogens (tertiary/aromatic N) is 2. The van der Waals surface area contributed by atoms with Gasteiger partial charge in [0.2, 0.25) is 4.80 Å². The molecule has 2 heterocycles. The minimum absolute atomic E-state index is 0.155. The number of fused-ring (bicyclic) bond motifs is 3. The highest BCUT2D eigenvalue weighted by Crippen LogP contribution is 2.29. The molecule has 25 heavy (non-hydrogen) atoms. The molecule has 0 bridgehead atoms. The van der Waals surface area contributed by atoms with Gasteiger partial charge in [-0.15, -0.1) is 15.7 Å². The van der Waals surface area contributed by atoms with Gasteiger partial charge in [-0.25, -0.2) is 0 Å². The standard InChI is InChI=1S/C17H13ClN2O2S3/c1-2-20-13-8-7-11-5-3-4-6-12(11)16(13)24-17(20)19-25(21,22)15-10-9-14(18)23-15/h3-10H,2H2,1H3/b19-17+. The summed E-state index contributed by atoms with van der Waals surface area (Å²) in [5.74, 6) is 0. The summed E-state index contributed by atoms with van der Waals surface area (Å²) in [4.78, 5) is 0.471. The number of aryl methyl sites for hydroxylation is 1. The Hall–Kier alpha value is -1.67. The van der Waals surface area contributed by atoms with Crippen molar-refractivity contribution in [3.05, 3.63) is 57.7 Å². The van der Waals surface area contributed by atoms with Crippen LogP contribution in [-0.2, 0) is 16.6 Å². The Morgan fingerprint density at radius 2 is 1.88 bits per heavy atom. The van der Waals surface area contributed by atoms with Crippen molar-refractivity contribution in [2.45, 2.75) is 17.7 Å². The molecule has 0 unspecified atom stereocenters. The van der Waals surface area contributed by atoms with Gasteiger partial charge < -0.3 is 4.57 Å². The second-order valence-corrected chi connectivity index (χ2v) is 9.91. The third-order valence-corrected chi connectivity index (χ3v) is 8.10. The lowest BCUT2D eigenvalue weighted by molar-refractivity contribution is 0.597. The van der Waals surface area contributed by atoms with Crippen LogP contribution < -0.4 is 4.80 Å². The summed E-state index contributed by atoms with van der Waals surface area (Å²) >= 11 is 8.28. The lowest BCUT2D eigenvalue weighted by atomic mass is 10.1. The van der Waals surface area contributed by atoms with Gasteiger partial charge in [-0.1, -0.05) is 53.3 Å². The maximum atomic E-state index is 12.6. The van der Waals surface area contributed by atoms with E-state index in [0.717, 1.165) is 32.3 Å². The van der Waals surface area contributed by atoms with Crippen molar-refractivity contribution < 1.29 is 8.42 Å². The van der Waals surface area contributed by atoms with Crippen molar-refractivity contribution in [3.63, 3.8) is 0 Å². The van der Waals surface area contributed by atoms with Crippen LogP contribution in [0.3, 0.4) is 0 Å². The van der Waals surface area contributed by atoms with Crippen LogP contribution in [0.2, 0.25) is 4.34 Å². The average Bonchev–Trinajstić information content (AvgIpc) is 3.18. The zero-order valence-corrected chi connectivity index (χ0v) is 16.3. The van der Waals surface area contributed by atoms with Crippen molar-refractivity contribution in [2.75, 3.05) is 0 Å². The highest BCUT2D eigenvalue weighted by Gasteiger charge is 2.17. The fourth-order valence-electron chi connectivity index (χ4n) is 2.76. The molecule has 0 aliphatic rings. The monoisotopic (exact) mass is 408 g/mol. The molecule has 4 nitrogen and oxygen atoms in total. The lowest BCUT2D eigenvalue weighted by Gasteiger charge is -2.02. The summed E-state index contributed by atoms with van der Waals surface area (Å²) in [6.45, 7) is 2.62. The van der Waals surface area contributed by atoms with E-state index in [1.807, 2.05) is 47.9 Å². The van der Waals surface area contributed by atoms with Crippen molar-refractivity contribution in [2.24, 2.45) is 4.40 Å². The third kappa shape index (κ3) is 2.91. The van der Waals surface area contributed by atoms with Gasteiger partial charge in [0.25, 0.3) is 10.0 Å². The molecule has 0 N–H and O–H groups in total. The normalized spacial score (nSPS) is 13.1. The Labute approximate surface area is 157 Å². The molecule has 2 aromatic heterocycles. The van der Waals surface area contributed by atoms with Crippen LogP contribution in [0.5, 0.6) is 0 Å². The van der Waals surface area contributed by atoms with Crippen LogP contribution >= 0.6 is 34.3 Å². The summed E-state index contributed by atoms with van der Waals surface area (Å²) in [5.41, 5.74) is 0.990. The fraction of sp³-hybridized carbons (Fsp3) is 0.118. The van der Waals surface area contributed by atoms with E-state index in [1.165, 1.54) is 17.4 Å². The minimum atomic E-state index is -3.78. The summed E-state index contributed by atoms with van der Waals surface area (Å²) < 4.78 is 32.9. The molecule has 0 fully saturated rings. The van der Waals surface area contributed by atoms with Crippen LogP contribution in [0.15, 0.2) is 57.1 Å². The van der Waals surface area contributed by atoms with Crippen molar-refractivity contribution >= 4 is 65.3 Å². The number of sulfonamides is 1. The zero-order chi connectivity index (χ0) is 17.6. The molecular weight excluding hydrogens is 396 g/mol. The number of thiazole rings is 1. The van der Waals surface area contributed by atoms with E-state index in [2.05, 4.69) is 4.40 Å². The number of rotatable bonds is 3. The van der Waals surface area contributed by atoms with Gasteiger partial charge in [-0.05, 0) is 30.5 Å². The quantitative estimate of drug-likeness (QED) is 0.485. The molecule has 0 saturated carbocycles. The largest absolute Gasteiger partial charge is 0.316 e. The Balaban J connectivity index is 2.03. The first-order valence-electron chi connectivity index (χ1n) is 7.57. The number of benzene rings is 2. The first-order valence-corrected chi connectivity index (χ1v) is 11.0. The second kappa shape index (κ2) is 6.25. The number of aromatic nitrogens is 1. The highest BCUT2D eigenvalue weighted by molar-refractivity contribution is 7.92. The summed E-state index contributed by atoms with van der Waals surface area (Å²) in [6, 6.07) is 15.2. The van der Waals surface area contributed by atoms with E-state index >= 15 is 0 Å².